The molecule has 4 nitrogen and oxygen atoms in total. The molecule has 20 heavy (non-hydrogen) atoms. The Morgan fingerprint density at radius 3 is 2.40 bits per heavy atom. The van der Waals surface area contributed by atoms with Crippen LogP contribution in [0.5, 0.6) is 0 Å². The molecule has 0 aromatic carbocycles. The first kappa shape index (κ1) is 15.7. The van der Waals surface area contributed by atoms with Crippen LogP contribution in [-0.2, 0) is 9.59 Å². The van der Waals surface area contributed by atoms with E-state index in [9.17, 15) is 9.59 Å². The van der Waals surface area contributed by atoms with Crippen LogP contribution >= 0.6 is 11.8 Å². The summed E-state index contributed by atoms with van der Waals surface area (Å²) in [6.07, 6.45) is 7.38. The Bertz CT molecular complexity index is 371. The van der Waals surface area contributed by atoms with Crippen LogP contribution in [0.1, 0.15) is 58.3 Å². The number of carbonyl (C=O) groups excluding carboxylic acids is 1. The van der Waals surface area contributed by atoms with Gasteiger partial charge in [-0.3, -0.25) is 9.59 Å². The zero-order chi connectivity index (χ0) is 14.6. The molecule has 1 saturated carbocycles. The summed E-state index contributed by atoms with van der Waals surface area (Å²) in [6.45, 7) is 2.53. The van der Waals surface area contributed by atoms with E-state index in [0.29, 0.717) is 6.54 Å². The summed E-state index contributed by atoms with van der Waals surface area (Å²) in [7, 11) is 0. The zero-order valence-electron chi connectivity index (χ0n) is 12.2. The number of amides is 1. The van der Waals surface area contributed by atoms with Gasteiger partial charge in [-0.15, -0.1) is 11.8 Å². The van der Waals surface area contributed by atoms with Crippen LogP contribution in [-0.4, -0.2) is 34.0 Å². The largest absolute Gasteiger partial charge is 0.481 e. The molecule has 2 fully saturated rings. The summed E-state index contributed by atoms with van der Waals surface area (Å²) in [4.78, 5) is 23.5. The van der Waals surface area contributed by atoms with Crippen molar-refractivity contribution in [2.24, 2.45) is 5.41 Å². The van der Waals surface area contributed by atoms with Gasteiger partial charge in [0.25, 0.3) is 0 Å². The Labute approximate surface area is 125 Å². The Morgan fingerprint density at radius 1 is 1.15 bits per heavy atom. The highest BCUT2D eigenvalue weighted by Gasteiger charge is 2.40. The van der Waals surface area contributed by atoms with Gasteiger partial charge in [-0.05, 0) is 43.8 Å². The van der Waals surface area contributed by atoms with E-state index < -0.39 is 5.97 Å². The lowest BCUT2D eigenvalue weighted by Gasteiger charge is -2.37. The summed E-state index contributed by atoms with van der Waals surface area (Å²) in [6, 6.07) is 0. The minimum Gasteiger partial charge on any atom is -0.481 e. The van der Waals surface area contributed by atoms with E-state index in [2.05, 4.69) is 5.32 Å². The van der Waals surface area contributed by atoms with Gasteiger partial charge in [0.05, 0.1) is 11.2 Å². The first-order valence-electron chi connectivity index (χ1n) is 7.60. The Hall–Kier alpha value is -0.710. The van der Waals surface area contributed by atoms with Gasteiger partial charge < -0.3 is 10.4 Å². The highest BCUT2D eigenvalue weighted by molar-refractivity contribution is 8.01. The van der Waals surface area contributed by atoms with E-state index in [1.54, 1.807) is 11.8 Å². The molecular weight excluding hydrogens is 274 g/mol. The molecule has 1 saturated heterocycles. The van der Waals surface area contributed by atoms with E-state index in [1.165, 1.54) is 6.42 Å². The van der Waals surface area contributed by atoms with Crippen LogP contribution < -0.4 is 5.32 Å². The number of hydrogen-bond acceptors (Lipinski definition) is 3. The quantitative estimate of drug-likeness (QED) is 0.819. The van der Waals surface area contributed by atoms with Crippen LogP contribution in [0, 0.1) is 5.41 Å². The molecule has 0 spiro atoms. The fourth-order valence-electron chi connectivity index (χ4n) is 3.45. The molecule has 1 atom stereocenters. The SMILES string of the molecule is CC1(C(=O)NCC2(CC(=O)O)CCCCC2)CCCS1. The van der Waals surface area contributed by atoms with Crippen molar-refractivity contribution < 1.29 is 14.7 Å². The van der Waals surface area contributed by atoms with Crippen LogP contribution in [0.4, 0.5) is 0 Å². The van der Waals surface area contributed by atoms with Crippen molar-refractivity contribution in [3.05, 3.63) is 0 Å². The van der Waals surface area contributed by atoms with E-state index >= 15 is 0 Å². The third-order valence-corrected chi connectivity index (χ3v) is 6.28. The highest BCUT2D eigenvalue weighted by Crippen LogP contribution is 2.40. The molecule has 0 aromatic rings. The molecule has 0 radical (unpaired) electrons. The number of aliphatic carboxylic acids is 1. The van der Waals surface area contributed by atoms with E-state index in [4.69, 9.17) is 5.11 Å². The van der Waals surface area contributed by atoms with Crippen molar-refractivity contribution in [2.45, 2.75) is 63.0 Å². The molecule has 0 bridgehead atoms. The molecule has 2 aliphatic rings. The normalized spacial score (nSPS) is 29.1. The maximum Gasteiger partial charge on any atom is 0.303 e. The number of carboxylic acid groups (broad SMARTS) is 1. The van der Waals surface area contributed by atoms with Gasteiger partial charge in [0, 0.05) is 6.54 Å². The van der Waals surface area contributed by atoms with Crippen molar-refractivity contribution in [1.29, 1.82) is 0 Å². The molecule has 0 aromatic heterocycles. The average molecular weight is 299 g/mol. The second-order valence-electron chi connectivity index (χ2n) is 6.50. The molecule has 1 heterocycles. The summed E-state index contributed by atoms with van der Waals surface area (Å²) in [5.41, 5.74) is -0.223. The first-order valence-corrected chi connectivity index (χ1v) is 8.59. The van der Waals surface area contributed by atoms with E-state index in [0.717, 1.165) is 44.3 Å². The summed E-state index contributed by atoms with van der Waals surface area (Å²) < 4.78 is -0.306. The van der Waals surface area contributed by atoms with Gasteiger partial charge in [0.1, 0.15) is 0 Å². The van der Waals surface area contributed by atoms with Gasteiger partial charge in [0.2, 0.25) is 5.91 Å². The number of nitrogens with one attached hydrogen (secondary N) is 1. The summed E-state index contributed by atoms with van der Waals surface area (Å²) in [5.74, 6) is 0.391. The molecule has 1 aliphatic heterocycles. The number of hydrogen-bond donors (Lipinski definition) is 2. The standard InChI is InChI=1S/C15H25NO3S/c1-14(6-5-9-20-14)13(19)16-11-15(10-12(17)18)7-3-2-4-8-15/h2-11H2,1H3,(H,16,19)(H,17,18). The Morgan fingerprint density at radius 2 is 1.85 bits per heavy atom. The van der Waals surface area contributed by atoms with Crippen LogP contribution in [0.2, 0.25) is 0 Å². The van der Waals surface area contributed by atoms with Gasteiger partial charge in [-0.25, -0.2) is 0 Å². The molecule has 5 heteroatoms. The van der Waals surface area contributed by atoms with E-state index in [1.807, 2.05) is 6.92 Å². The fraction of sp³-hybridized carbons (Fsp3) is 0.867. The maximum absolute atomic E-state index is 12.4. The molecule has 114 valence electrons. The lowest BCUT2D eigenvalue weighted by Crippen LogP contribution is -2.46. The van der Waals surface area contributed by atoms with Crippen LogP contribution in [0.25, 0.3) is 0 Å². The molecule has 1 aliphatic carbocycles. The van der Waals surface area contributed by atoms with Gasteiger partial charge in [-0.1, -0.05) is 19.3 Å². The van der Waals surface area contributed by atoms with Crippen molar-refractivity contribution in [1.82, 2.24) is 5.32 Å². The Kier molecular flexibility index (Phi) is 4.99. The van der Waals surface area contributed by atoms with E-state index in [-0.39, 0.29) is 22.5 Å². The molecule has 2 rings (SSSR count). The van der Waals surface area contributed by atoms with Crippen molar-refractivity contribution in [2.75, 3.05) is 12.3 Å². The third kappa shape index (κ3) is 3.68. The van der Waals surface area contributed by atoms with Crippen molar-refractivity contribution in [3.63, 3.8) is 0 Å². The predicted molar refractivity (Wildman–Crippen MR) is 80.9 cm³/mol. The van der Waals surface area contributed by atoms with Gasteiger partial charge >= 0.3 is 5.97 Å². The van der Waals surface area contributed by atoms with Gasteiger partial charge in [-0.2, -0.15) is 0 Å². The van der Waals surface area contributed by atoms with Crippen LogP contribution in [0.3, 0.4) is 0 Å². The summed E-state index contributed by atoms with van der Waals surface area (Å²) in [5, 5.41) is 12.2. The number of thioether (sulfide) groups is 1. The predicted octanol–water partition coefficient (Wildman–Crippen LogP) is 2.81. The first-order chi connectivity index (χ1) is 9.46. The number of rotatable bonds is 5. The molecule has 1 amide bonds. The topological polar surface area (TPSA) is 66.4 Å². The zero-order valence-corrected chi connectivity index (χ0v) is 13.1. The fourth-order valence-corrected chi connectivity index (χ4v) is 4.68. The smallest absolute Gasteiger partial charge is 0.303 e. The third-order valence-electron chi connectivity index (χ3n) is 4.76. The lowest BCUT2D eigenvalue weighted by molar-refractivity contribution is -0.140. The molecular formula is C15H25NO3S. The summed E-state index contributed by atoms with van der Waals surface area (Å²) >= 11 is 1.72. The lowest BCUT2D eigenvalue weighted by atomic mass is 9.71. The van der Waals surface area contributed by atoms with Crippen molar-refractivity contribution in [3.8, 4) is 0 Å². The van der Waals surface area contributed by atoms with Crippen molar-refractivity contribution >= 4 is 23.6 Å². The number of carboxylic acids is 1. The van der Waals surface area contributed by atoms with Crippen LogP contribution in [0.15, 0.2) is 0 Å². The monoisotopic (exact) mass is 299 g/mol. The maximum atomic E-state index is 12.4. The second-order valence-corrected chi connectivity index (χ2v) is 8.09. The highest BCUT2D eigenvalue weighted by atomic mass is 32.2. The second kappa shape index (κ2) is 6.37. The minimum atomic E-state index is -0.748. The minimum absolute atomic E-state index is 0.0929. The van der Waals surface area contributed by atoms with Gasteiger partial charge in [0.15, 0.2) is 0 Å². The molecule has 1 unspecified atom stereocenters. The number of carbonyl (C=O) groups is 2. The average Bonchev–Trinajstić information content (AvgIpc) is 2.85. The molecule has 2 N–H and O–H groups in total. The Balaban J connectivity index is 1.94.